The van der Waals surface area contributed by atoms with Gasteiger partial charge in [-0.2, -0.15) is 5.10 Å². The van der Waals surface area contributed by atoms with Gasteiger partial charge in [0.25, 0.3) is 0 Å². The van der Waals surface area contributed by atoms with Gasteiger partial charge in [-0.25, -0.2) is 9.38 Å². The van der Waals surface area contributed by atoms with E-state index >= 15 is 0 Å². The first-order valence-corrected chi connectivity index (χ1v) is 10.2. The van der Waals surface area contributed by atoms with Crippen LogP contribution in [0.1, 0.15) is 29.9 Å². The summed E-state index contributed by atoms with van der Waals surface area (Å²) >= 11 is 1.56. The lowest BCUT2D eigenvalue weighted by Gasteiger charge is -2.14. The number of thiophene rings is 1. The van der Waals surface area contributed by atoms with E-state index in [1.54, 1.807) is 17.4 Å². The second-order valence-electron chi connectivity index (χ2n) is 6.20. The third-order valence-electron chi connectivity index (χ3n) is 4.29. The number of amidine groups is 1. The first kappa shape index (κ1) is 19.1. The third kappa shape index (κ3) is 4.00. The Labute approximate surface area is 172 Å². The molecule has 0 unspecified atom stereocenters. The van der Waals surface area contributed by atoms with Gasteiger partial charge in [-0.3, -0.25) is 5.43 Å². The molecule has 5 nitrogen and oxygen atoms in total. The van der Waals surface area contributed by atoms with Crippen molar-refractivity contribution in [3.8, 4) is 11.5 Å². The molecule has 2 heterocycles. The normalized spacial score (nSPS) is 12.9. The molecule has 0 bridgehead atoms. The maximum Gasteiger partial charge on any atom is 0.164 e. The van der Waals surface area contributed by atoms with Gasteiger partial charge in [0, 0.05) is 11.1 Å². The van der Waals surface area contributed by atoms with E-state index in [0.717, 1.165) is 10.4 Å². The second kappa shape index (κ2) is 8.45. The minimum atomic E-state index is -0.345. The molecule has 148 valence electrons. The molecule has 3 aromatic rings. The number of ether oxygens (including phenoxy) is 2. The fraction of sp³-hybridized carbons (Fsp3) is 0.182. The number of rotatable bonds is 6. The van der Waals surface area contributed by atoms with Gasteiger partial charge in [0.2, 0.25) is 0 Å². The summed E-state index contributed by atoms with van der Waals surface area (Å²) < 4.78 is 25.5. The van der Waals surface area contributed by atoms with E-state index in [2.05, 4.69) is 15.5 Å². The maximum absolute atomic E-state index is 14.1. The number of fused-ring (bicyclic) bond motifs is 1. The quantitative estimate of drug-likeness (QED) is 0.615. The largest absolute Gasteiger partial charge is 0.490 e. The van der Waals surface area contributed by atoms with Crippen molar-refractivity contribution in [2.24, 2.45) is 10.1 Å². The number of benzene rings is 2. The first-order chi connectivity index (χ1) is 14.2. The summed E-state index contributed by atoms with van der Waals surface area (Å²) in [4.78, 5) is 5.63. The topological polar surface area (TPSA) is 55.2 Å². The molecule has 2 aromatic carbocycles. The zero-order valence-electron chi connectivity index (χ0n) is 16.1. The van der Waals surface area contributed by atoms with Crippen LogP contribution >= 0.6 is 11.3 Å². The zero-order chi connectivity index (χ0) is 20.2. The van der Waals surface area contributed by atoms with Crippen LogP contribution in [0.3, 0.4) is 0 Å². The molecular formula is C22H20FN3O2S. The number of halogens is 1. The Balaban J connectivity index is 1.82. The van der Waals surface area contributed by atoms with E-state index in [-0.39, 0.29) is 5.82 Å². The molecule has 0 aliphatic carbocycles. The molecule has 1 aromatic heterocycles. The van der Waals surface area contributed by atoms with Crippen molar-refractivity contribution >= 4 is 28.6 Å². The minimum Gasteiger partial charge on any atom is -0.490 e. The fourth-order valence-corrected chi connectivity index (χ4v) is 3.72. The first-order valence-electron chi connectivity index (χ1n) is 9.35. The predicted molar refractivity (Wildman–Crippen MR) is 114 cm³/mol. The van der Waals surface area contributed by atoms with Crippen LogP contribution in [0.25, 0.3) is 0 Å². The highest BCUT2D eigenvalue weighted by atomic mass is 32.1. The van der Waals surface area contributed by atoms with Crippen LogP contribution in [0.2, 0.25) is 0 Å². The summed E-state index contributed by atoms with van der Waals surface area (Å²) in [5, 5.41) is 6.54. The Morgan fingerprint density at radius 3 is 2.59 bits per heavy atom. The minimum absolute atomic E-state index is 0.345. The molecule has 0 atom stereocenters. The van der Waals surface area contributed by atoms with E-state index < -0.39 is 0 Å². The van der Waals surface area contributed by atoms with Crippen LogP contribution in [-0.2, 0) is 0 Å². The van der Waals surface area contributed by atoms with Gasteiger partial charge in [-0.1, -0.05) is 6.07 Å². The summed E-state index contributed by atoms with van der Waals surface area (Å²) in [7, 11) is 0. The van der Waals surface area contributed by atoms with Crippen molar-refractivity contribution in [3.05, 3.63) is 75.7 Å². The fourth-order valence-electron chi connectivity index (χ4n) is 3.05. The van der Waals surface area contributed by atoms with Crippen molar-refractivity contribution in [1.29, 1.82) is 0 Å². The number of hydrogen-bond donors (Lipinski definition) is 1. The molecule has 0 saturated carbocycles. The van der Waals surface area contributed by atoms with Crippen LogP contribution in [0.5, 0.6) is 11.5 Å². The van der Waals surface area contributed by atoms with Gasteiger partial charge >= 0.3 is 0 Å². The Morgan fingerprint density at radius 2 is 1.83 bits per heavy atom. The highest BCUT2D eigenvalue weighted by molar-refractivity contribution is 7.12. The molecule has 0 radical (unpaired) electrons. The van der Waals surface area contributed by atoms with E-state index in [4.69, 9.17) is 9.47 Å². The average Bonchev–Trinajstić information content (AvgIpc) is 3.19. The molecular weight excluding hydrogens is 389 g/mol. The molecule has 0 saturated heterocycles. The Bertz CT molecular complexity index is 1080. The van der Waals surface area contributed by atoms with Crippen molar-refractivity contribution in [2.45, 2.75) is 13.8 Å². The van der Waals surface area contributed by atoms with Crippen molar-refractivity contribution < 1.29 is 13.9 Å². The van der Waals surface area contributed by atoms with Gasteiger partial charge < -0.3 is 9.47 Å². The van der Waals surface area contributed by atoms with E-state index in [9.17, 15) is 4.39 Å². The SMILES string of the molecule is CCOc1ccc(C2=NNC(c3cccs3)=Nc3ccc(F)cc32)cc1OCC. The maximum atomic E-state index is 14.1. The smallest absolute Gasteiger partial charge is 0.164 e. The lowest BCUT2D eigenvalue weighted by atomic mass is 10.00. The molecule has 7 heteroatoms. The number of aliphatic imine (C=N–C) groups is 1. The molecule has 1 aliphatic rings. The Kier molecular flexibility index (Phi) is 5.57. The van der Waals surface area contributed by atoms with E-state index in [1.165, 1.54) is 12.1 Å². The van der Waals surface area contributed by atoms with Crippen LogP contribution in [0, 0.1) is 5.82 Å². The summed E-state index contributed by atoms with van der Waals surface area (Å²) in [6.07, 6.45) is 0. The number of hydrogen-bond acceptors (Lipinski definition) is 6. The summed E-state index contributed by atoms with van der Waals surface area (Å²) in [6.45, 7) is 4.88. The van der Waals surface area contributed by atoms with Crippen LogP contribution in [0.15, 0.2) is 64.0 Å². The number of hydrazone groups is 1. The molecule has 1 N–H and O–H groups in total. The highest BCUT2D eigenvalue weighted by Gasteiger charge is 2.20. The van der Waals surface area contributed by atoms with Crippen molar-refractivity contribution in [3.63, 3.8) is 0 Å². The lowest BCUT2D eigenvalue weighted by molar-refractivity contribution is 0.287. The van der Waals surface area contributed by atoms with E-state index in [1.807, 2.05) is 49.6 Å². The molecule has 0 amide bonds. The third-order valence-corrected chi connectivity index (χ3v) is 5.17. The molecule has 29 heavy (non-hydrogen) atoms. The lowest BCUT2D eigenvalue weighted by Crippen LogP contribution is -2.18. The van der Waals surface area contributed by atoms with Crippen molar-refractivity contribution in [1.82, 2.24) is 5.43 Å². The summed E-state index contributed by atoms with van der Waals surface area (Å²) in [5.74, 6) is 1.56. The zero-order valence-corrected chi connectivity index (χ0v) is 16.9. The van der Waals surface area contributed by atoms with Gasteiger partial charge in [0.05, 0.1) is 23.8 Å². The average molecular weight is 409 g/mol. The summed E-state index contributed by atoms with van der Waals surface area (Å²) in [6, 6.07) is 14.0. The van der Waals surface area contributed by atoms with Gasteiger partial charge in [-0.05, 0) is 61.7 Å². The van der Waals surface area contributed by atoms with E-state index in [0.29, 0.717) is 47.5 Å². The number of nitrogens with one attached hydrogen (secondary N) is 1. The van der Waals surface area contributed by atoms with Crippen LogP contribution < -0.4 is 14.9 Å². The molecule has 1 aliphatic heterocycles. The van der Waals surface area contributed by atoms with Crippen LogP contribution in [-0.4, -0.2) is 24.8 Å². The standard InChI is InChI=1S/C22H20FN3O2S/c1-3-27-18-10-7-14(12-19(18)28-4-2)21-16-13-15(23)8-9-17(16)24-22(26-25-21)20-6-5-11-29-20/h5-13H,3-4H2,1-2H3,(H,24,26). The predicted octanol–water partition coefficient (Wildman–Crippen LogP) is 5.12. The van der Waals surface area contributed by atoms with Crippen LogP contribution in [0.4, 0.5) is 10.1 Å². The van der Waals surface area contributed by atoms with Gasteiger partial charge in [0.1, 0.15) is 11.5 Å². The molecule has 4 rings (SSSR count). The number of nitrogens with zero attached hydrogens (tertiary/aromatic N) is 2. The summed E-state index contributed by atoms with van der Waals surface area (Å²) in [5.41, 5.74) is 5.65. The van der Waals surface area contributed by atoms with Gasteiger partial charge in [0.15, 0.2) is 17.3 Å². The molecule has 0 fully saturated rings. The van der Waals surface area contributed by atoms with Crippen molar-refractivity contribution in [2.75, 3.05) is 13.2 Å². The molecule has 0 spiro atoms. The monoisotopic (exact) mass is 409 g/mol. The Morgan fingerprint density at radius 1 is 1.00 bits per heavy atom. The Hall–Kier alpha value is -3.19. The second-order valence-corrected chi connectivity index (χ2v) is 7.15. The highest BCUT2D eigenvalue weighted by Crippen LogP contribution is 2.32. The van der Waals surface area contributed by atoms with Gasteiger partial charge in [-0.15, -0.1) is 11.3 Å².